The van der Waals surface area contributed by atoms with E-state index in [-0.39, 0.29) is 11.9 Å². The van der Waals surface area contributed by atoms with Gasteiger partial charge in [0.2, 0.25) is 5.91 Å². The van der Waals surface area contributed by atoms with Gasteiger partial charge in [-0.25, -0.2) is 0 Å². The lowest BCUT2D eigenvalue weighted by Crippen LogP contribution is -2.32. The second-order valence-corrected chi connectivity index (χ2v) is 4.05. The number of hydrogen-bond donors (Lipinski definition) is 2. The molecule has 0 saturated heterocycles. The van der Waals surface area contributed by atoms with Gasteiger partial charge in [0.15, 0.2) is 0 Å². The van der Waals surface area contributed by atoms with E-state index in [0.717, 1.165) is 19.3 Å². The molecule has 1 aliphatic carbocycles. The van der Waals surface area contributed by atoms with E-state index in [9.17, 15) is 4.79 Å². The summed E-state index contributed by atoms with van der Waals surface area (Å²) in [6.07, 6.45) is 5.19. The molecule has 0 bridgehead atoms. The van der Waals surface area contributed by atoms with Gasteiger partial charge in [-0.2, -0.15) is 0 Å². The Morgan fingerprint density at radius 3 is 2.85 bits per heavy atom. The van der Waals surface area contributed by atoms with Crippen molar-refractivity contribution in [2.24, 2.45) is 11.7 Å². The monoisotopic (exact) mass is 184 g/mol. The highest BCUT2D eigenvalue weighted by Crippen LogP contribution is 2.32. The number of hydrogen-bond acceptors (Lipinski definition) is 2. The van der Waals surface area contributed by atoms with Crippen molar-refractivity contribution in [3.05, 3.63) is 0 Å². The summed E-state index contributed by atoms with van der Waals surface area (Å²) in [5.74, 6) is 0.897. The largest absolute Gasteiger partial charge is 0.354 e. The lowest BCUT2D eigenvalue weighted by Gasteiger charge is -2.12. The van der Waals surface area contributed by atoms with Crippen molar-refractivity contribution in [3.8, 4) is 0 Å². The molecule has 0 aromatic rings. The summed E-state index contributed by atoms with van der Waals surface area (Å²) in [7, 11) is 0. The molecule has 3 nitrogen and oxygen atoms in total. The Morgan fingerprint density at radius 1 is 1.62 bits per heavy atom. The van der Waals surface area contributed by atoms with Crippen molar-refractivity contribution < 1.29 is 4.79 Å². The molecule has 0 spiro atoms. The molecule has 13 heavy (non-hydrogen) atoms. The van der Waals surface area contributed by atoms with E-state index >= 15 is 0 Å². The maximum atomic E-state index is 11.3. The quantitative estimate of drug-likeness (QED) is 0.648. The molecule has 0 heterocycles. The van der Waals surface area contributed by atoms with Crippen molar-refractivity contribution in [1.82, 2.24) is 5.32 Å². The molecule has 76 valence electrons. The van der Waals surface area contributed by atoms with Crippen molar-refractivity contribution in [1.29, 1.82) is 0 Å². The van der Waals surface area contributed by atoms with Crippen LogP contribution >= 0.6 is 0 Å². The zero-order chi connectivity index (χ0) is 9.68. The fourth-order valence-electron chi connectivity index (χ4n) is 1.41. The second-order valence-electron chi connectivity index (χ2n) is 4.05. The van der Waals surface area contributed by atoms with Gasteiger partial charge in [0.05, 0.1) is 0 Å². The van der Waals surface area contributed by atoms with Crippen LogP contribution in [0.5, 0.6) is 0 Å². The summed E-state index contributed by atoms with van der Waals surface area (Å²) in [4.78, 5) is 11.3. The first kappa shape index (κ1) is 10.5. The molecule has 1 saturated carbocycles. The summed E-state index contributed by atoms with van der Waals surface area (Å²) in [5, 5.41) is 2.99. The third-order valence-electron chi connectivity index (χ3n) is 2.42. The molecule has 0 aromatic carbocycles. The molecule has 0 radical (unpaired) electrons. The third kappa shape index (κ3) is 4.88. The highest BCUT2D eigenvalue weighted by molar-refractivity contribution is 5.76. The van der Waals surface area contributed by atoms with Crippen molar-refractivity contribution in [2.75, 3.05) is 6.54 Å². The van der Waals surface area contributed by atoms with Crippen LogP contribution in [0.1, 0.15) is 39.0 Å². The summed E-state index contributed by atoms with van der Waals surface area (Å²) in [6, 6.07) is 0.287. The third-order valence-corrected chi connectivity index (χ3v) is 2.42. The number of nitrogens with one attached hydrogen (secondary N) is 1. The zero-order valence-corrected chi connectivity index (χ0v) is 8.38. The van der Waals surface area contributed by atoms with Crippen LogP contribution in [0.25, 0.3) is 0 Å². The van der Waals surface area contributed by atoms with Crippen LogP contribution in [0.15, 0.2) is 0 Å². The Bertz CT molecular complexity index is 166. The van der Waals surface area contributed by atoms with Gasteiger partial charge in [-0.15, -0.1) is 0 Å². The minimum atomic E-state index is 0.215. The predicted molar refractivity (Wildman–Crippen MR) is 53.2 cm³/mol. The highest BCUT2D eigenvalue weighted by Gasteiger charge is 2.24. The standard InChI is InChI=1S/C10H20N2O/c1-8(3-2-6-11)12-10(13)7-9-4-5-9/h8-9H,2-7,11H2,1H3,(H,12,13). The molecule has 3 heteroatoms. The molecule has 1 unspecified atom stereocenters. The molecular formula is C10H20N2O. The van der Waals surface area contributed by atoms with Crippen LogP contribution in [0.2, 0.25) is 0 Å². The number of nitrogens with two attached hydrogens (primary N) is 1. The van der Waals surface area contributed by atoms with Crippen LogP contribution in [-0.2, 0) is 4.79 Å². The Labute approximate surface area is 80.1 Å². The van der Waals surface area contributed by atoms with Gasteiger partial charge in [-0.3, -0.25) is 4.79 Å². The average Bonchev–Trinajstić information content (AvgIpc) is 2.84. The Morgan fingerprint density at radius 2 is 2.31 bits per heavy atom. The first-order valence-corrected chi connectivity index (χ1v) is 5.21. The van der Waals surface area contributed by atoms with Crippen LogP contribution in [0.3, 0.4) is 0 Å². The minimum Gasteiger partial charge on any atom is -0.354 e. The van der Waals surface area contributed by atoms with Crippen molar-refractivity contribution in [2.45, 2.75) is 45.1 Å². The van der Waals surface area contributed by atoms with Crippen molar-refractivity contribution >= 4 is 5.91 Å². The van der Waals surface area contributed by atoms with E-state index in [1.165, 1.54) is 12.8 Å². The molecule has 1 fully saturated rings. The van der Waals surface area contributed by atoms with Gasteiger partial charge in [0.1, 0.15) is 0 Å². The van der Waals surface area contributed by atoms with Crippen LogP contribution in [0.4, 0.5) is 0 Å². The summed E-state index contributed by atoms with van der Waals surface area (Å²) < 4.78 is 0. The van der Waals surface area contributed by atoms with Crippen LogP contribution in [-0.4, -0.2) is 18.5 Å². The summed E-state index contributed by atoms with van der Waals surface area (Å²) >= 11 is 0. The molecule has 0 aromatic heterocycles. The number of carbonyl (C=O) groups excluding carboxylic acids is 1. The SMILES string of the molecule is CC(CCCN)NC(=O)CC1CC1. The maximum absolute atomic E-state index is 11.3. The zero-order valence-electron chi connectivity index (χ0n) is 8.38. The van der Waals surface area contributed by atoms with Gasteiger partial charge in [-0.1, -0.05) is 0 Å². The maximum Gasteiger partial charge on any atom is 0.220 e. The molecule has 1 aliphatic rings. The van der Waals surface area contributed by atoms with E-state index in [4.69, 9.17) is 5.73 Å². The Kier molecular flexibility index (Phi) is 4.22. The van der Waals surface area contributed by atoms with Gasteiger partial charge in [0, 0.05) is 12.5 Å². The fraction of sp³-hybridized carbons (Fsp3) is 0.900. The van der Waals surface area contributed by atoms with E-state index in [1.807, 2.05) is 6.92 Å². The Hall–Kier alpha value is -0.570. The predicted octanol–water partition coefficient (Wildman–Crippen LogP) is 1.03. The van der Waals surface area contributed by atoms with E-state index in [0.29, 0.717) is 12.5 Å². The van der Waals surface area contributed by atoms with E-state index < -0.39 is 0 Å². The molecular weight excluding hydrogens is 164 g/mol. The second kappa shape index (κ2) is 5.22. The van der Waals surface area contributed by atoms with Crippen LogP contribution < -0.4 is 11.1 Å². The van der Waals surface area contributed by atoms with Gasteiger partial charge < -0.3 is 11.1 Å². The molecule has 3 N–H and O–H groups in total. The van der Waals surface area contributed by atoms with Gasteiger partial charge in [0.25, 0.3) is 0 Å². The number of rotatable bonds is 6. The van der Waals surface area contributed by atoms with Gasteiger partial charge >= 0.3 is 0 Å². The van der Waals surface area contributed by atoms with E-state index in [1.54, 1.807) is 0 Å². The first-order chi connectivity index (χ1) is 6.22. The normalized spacial score (nSPS) is 18.3. The molecule has 1 atom stereocenters. The lowest BCUT2D eigenvalue weighted by molar-refractivity contribution is -0.122. The number of carbonyl (C=O) groups is 1. The molecule has 1 rings (SSSR count). The molecule has 0 aliphatic heterocycles. The fourth-order valence-corrected chi connectivity index (χ4v) is 1.41. The minimum absolute atomic E-state index is 0.215. The van der Waals surface area contributed by atoms with Gasteiger partial charge in [-0.05, 0) is 45.1 Å². The molecule has 1 amide bonds. The van der Waals surface area contributed by atoms with Crippen LogP contribution in [0, 0.1) is 5.92 Å². The lowest BCUT2D eigenvalue weighted by atomic mass is 10.1. The average molecular weight is 184 g/mol. The van der Waals surface area contributed by atoms with E-state index in [2.05, 4.69) is 5.32 Å². The summed E-state index contributed by atoms with van der Waals surface area (Å²) in [6.45, 7) is 2.75. The smallest absolute Gasteiger partial charge is 0.220 e. The Balaban J connectivity index is 2.03. The summed E-state index contributed by atoms with van der Waals surface area (Å²) in [5.41, 5.74) is 5.39. The first-order valence-electron chi connectivity index (χ1n) is 5.21. The van der Waals surface area contributed by atoms with Crippen molar-refractivity contribution in [3.63, 3.8) is 0 Å². The topological polar surface area (TPSA) is 55.1 Å². The highest BCUT2D eigenvalue weighted by atomic mass is 16.1. The number of amides is 1.